The molecular formula is C15H13ClFNO3. The summed E-state index contributed by atoms with van der Waals surface area (Å²) in [5.41, 5.74) is 0.663. The minimum absolute atomic E-state index is 0.0439. The number of hydrogen-bond acceptors (Lipinski definition) is 3. The van der Waals surface area contributed by atoms with Crippen LogP contribution in [0, 0.1) is 5.82 Å². The van der Waals surface area contributed by atoms with Crippen LogP contribution in [0.25, 0.3) is 0 Å². The molecule has 0 aromatic heterocycles. The van der Waals surface area contributed by atoms with Gasteiger partial charge in [-0.15, -0.1) is 0 Å². The summed E-state index contributed by atoms with van der Waals surface area (Å²) in [7, 11) is 3.02. The molecule has 0 saturated heterocycles. The van der Waals surface area contributed by atoms with Crippen molar-refractivity contribution in [3.63, 3.8) is 0 Å². The Balaban J connectivity index is 2.26. The van der Waals surface area contributed by atoms with Gasteiger partial charge in [0.2, 0.25) is 0 Å². The van der Waals surface area contributed by atoms with E-state index in [1.807, 2.05) is 0 Å². The summed E-state index contributed by atoms with van der Waals surface area (Å²) >= 11 is 5.86. The highest BCUT2D eigenvalue weighted by atomic mass is 35.5. The highest BCUT2D eigenvalue weighted by Crippen LogP contribution is 2.27. The molecule has 0 heterocycles. The van der Waals surface area contributed by atoms with Crippen molar-refractivity contribution in [2.75, 3.05) is 19.5 Å². The highest BCUT2D eigenvalue weighted by molar-refractivity contribution is 6.34. The molecule has 0 fully saturated rings. The van der Waals surface area contributed by atoms with E-state index in [-0.39, 0.29) is 10.6 Å². The molecular weight excluding hydrogens is 297 g/mol. The van der Waals surface area contributed by atoms with Gasteiger partial charge >= 0.3 is 0 Å². The summed E-state index contributed by atoms with van der Waals surface area (Å²) in [6.07, 6.45) is 0. The molecule has 1 amide bonds. The third-order valence-corrected chi connectivity index (χ3v) is 3.10. The third kappa shape index (κ3) is 3.64. The standard InChI is InChI=1S/C15H13ClFNO3/c1-20-11-6-10(7-12(8-11)21-2)18-15(19)13-4-3-9(17)5-14(13)16/h3-8H,1-2H3,(H,18,19). The van der Waals surface area contributed by atoms with Crippen LogP contribution in [-0.2, 0) is 0 Å². The molecule has 0 atom stereocenters. The number of rotatable bonds is 4. The van der Waals surface area contributed by atoms with Crippen LogP contribution in [0.1, 0.15) is 10.4 Å². The lowest BCUT2D eigenvalue weighted by Gasteiger charge is -2.10. The molecule has 0 radical (unpaired) electrons. The number of amides is 1. The van der Waals surface area contributed by atoms with Gasteiger partial charge in [-0.25, -0.2) is 4.39 Å². The third-order valence-electron chi connectivity index (χ3n) is 2.79. The maximum absolute atomic E-state index is 13.0. The van der Waals surface area contributed by atoms with E-state index in [0.717, 1.165) is 6.07 Å². The zero-order valence-corrected chi connectivity index (χ0v) is 12.2. The van der Waals surface area contributed by atoms with Gasteiger partial charge in [-0.1, -0.05) is 11.6 Å². The molecule has 0 saturated carbocycles. The first kappa shape index (κ1) is 15.1. The first-order valence-corrected chi connectivity index (χ1v) is 6.40. The molecule has 21 heavy (non-hydrogen) atoms. The number of ether oxygens (including phenoxy) is 2. The lowest BCUT2D eigenvalue weighted by molar-refractivity contribution is 0.102. The van der Waals surface area contributed by atoms with E-state index >= 15 is 0 Å². The minimum Gasteiger partial charge on any atom is -0.497 e. The lowest BCUT2D eigenvalue weighted by atomic mass is 10.2. The van der Waals surface area contributed by atoms with Gasteiger partial charge in [0.05, 0.1) is 24.8 Å². The smallest absolute Gasteiger partial charge is 0.257 e. The summed E-state index contributed by atoms with van der Waals surface area (Å²) in [5, 5.41) is 2.71. The number of carbonyl (C=O) groups is 1. The van der Waals surface area contributed by atoms with Crippen LogP contribution in [0.15, 0.2) is 36.4 Å². The first-order chi connectivity index (χ1) is 10.0. The monoisotopic (exact) mass is 309 g/mol. The molecule has 110 valence electrons. The Morgan fingerprint density at radius 3 is 2.24 bits per heavy atom. The zero-order valence-electron chi connectivity index (χ0n) is 11.4. The highest BCUT2D eigenvalue weighted by Gasteiger charge is 2.12. The SMILES string of the molecule is COc1cc(NC(=O)c2ccc(F)cc2Cl)cc(OC)c1. The molecule has 0 aliphatic heterocycles. The van der Waals surface area contributed by atoms with Crippen LogP contribution < -0.4 is 14.8 Å². The van der Waals surface area contributed by atoms with Crippen molar-refractivity contribution < 1.29 is 18.7 Å². The minimum atomic E-state index is -0.500. The second-order valence-corrected chi connectivity index (χ2v) is 4.59. The summed E-state index contributed by atoms with van der Waals surface area (Å²) in [5.74, 6) is 0.125. The molecule has 0 aliphatic rings. The van der Waals surface area contributed by atoms with E-state index in [0.29, 0.717) is 17.2 Å². The van der Waals surface area contributed by atoms with Crippen molar-refractivity contribution in [2.45, 2.75) is 0 Å². The number of benzene rings is 2. The van der Waals surface area contributed by atoms with Crippen LogP contribution in [0.2, 0.25) is 5.02 Å². The van der Waals surface area contributed by atoms with Gasteiger partial charge in [0, 0.05) is 23.9 Å². The van der Waals surface area contributed by atoms with Gasteiger partial charge < -0.3 is 14.8 Å². The zero-order chi connectivity index (χ0) is 15.4. The Hall–Kier alpha value is -2.27. The topological polar surface area (TPSA) is 47.6 Å². The lowest BCUT2D eigenvalue weighted by Crippen LogP contribution is -2.12. The fourth-order valence-electron chi connectivity index (χ4n) is 1.75. The molecule has 4 nitrogen and oxygen atoms in total. The van der Waals surface area contributed by atoms with Crippen molar-refractivity contribution in [3.05, 3.63) is 52.8 Å². The van der Waals surface area contributed by atoms with Crippen molar-refractivity contribution in [1.29, 1.82) is 0 Å². The van der Waals surface area contributed by atoms with Crippen molar-refractivity contribution >= 4 is 23.2 Å². The number of anilines is 1. The molecule has 2 aromatic carbocycles. The Morgan fingerprint density at radius 2 is 1.71 bits per heavy atom. The fourth-order valence-corrected chi connectivity index (χ4v) is 2.00. The Kier molecular flexibility index (Phi) is 4.65. The summed E-state index contributed by atoms with van der Waals surface area (Å²) < 4.78 is 23.2. The van der Waals surface area contributed by atoms with E-state index < -0.39 is 11.7 Å². The Bertz CT molecular complexity index is 654. The quantitative estimate of drug-likeness (QED) is 0.935. The molecule has 1 N–H and O–H groups in total. The van der Waals surface area contributed by atoms with E-state index in [2.05, 4.69) is 5.32 Å². The predicted molar refractivity (Wildman–Crippen MR) is 78.9 cm³/mol. The molecule has 2 aromatic rings. The van der Waals surface area contributed by atoms with E-state index in [4.69, 9.17) is 21.1 Å². The van der Waals surface area contributed by atoms with E-state index in [1.165, 1.54) is 26.4 Å². The molecule has 2 rings (SSSR count). The van der Waals surface area contributed by atoms with Gasteiger partial charge in [0.15, 0.2) is 0 Å². The summed E-state index contributed by atoms with van der Waals surface area (Å²) in [6, 6.07) is 8.54. The van der Waals surface area contributed by atoms with E-state index in [9.17, 15) is 9.18 Å². The van der Waals surface area contributed by atoms with Crippen LogP contribution in [0.5, 0.6) is 11.5 Å². The number of halogens is 2. The van der Waals surface area contributed by atoms with Crippen LogP contribution >= 0.6 is 11.6 Å². The largest absolute Gasteiger partial charge is 0.497 e. The van der Waals surface area contributed by atoms with Crippen LogP contribution in [0.4, 0.5) is 10.1 Å². The Labute approximate surface area is 126 Å². The fraction of sp³-hybridized carbons (Fsp3) is 0.133. The second kappa shape index (κ2) is 6.45. The average molecular weight is 310 g/mol. The predicted octanol–water partition coefficient (Wildman–Crippen LogP) is 3.75. The molecule has 0 aliphatic carbocycles. The van der Waals surface area contributed by atoms with Gasteiger partial charge in [-0.3, -0.25) is 4.79 Å². The number of carbonyl (C=O) groups excluding carboxylic acids is 1. The normalized spacial score (nSPS) is 10.1. The second-order valence-electron chi connectivity index (χ2n) is 4.18. The summed E-state index contributed by atoms with van der Waals surface area (Å²) in [6.45, 7) is 0. The van der Waals surface area contributed by atoms with E-state index in [1.54, 1.807) is 18.2 Å². The maximum atomic E-state index is 13.0. The number of nitrogens with one attached hydrogen (secondary N) is 1. The number of hydrogen-bond donors (Lipinski definition) is 1. The first-order valence-electron chi connectivity index (χ1n) is 6.03. The maximum Gasteiger partial charge on any atom is 0.257 e. The van der Waals surface area contributed by atoms with Crippen molar-refractivity contribution in [2.24, 2.45) is 0 Å². The Morgan fingerprint density at radius 1 is 1.10 bits per heavy atom. The molecule has 6 heteroatoms. The summed E-state index contributed by atoms with van der Waals surface area (Å²) in [4.78, 5) is 12.1. The van der Waals surface area contributed by atoms with Crippen molar-refractivity contribution in [1.82, 2.24) is 0 Å². The van der Waals surface area contributed by atoms with Crippen LogP contribution in [0.3, 0.4) is 0 Å². The van der Waals surface area contributed by atoms with Gasteiger partial charge in [-0.2, -0.15) is 0 Å². The number of methoxy groups -OCH3 is 2. The average Bonchev–Trinajstić information content (AvgIpc) is 2.46. The van der Waals surface area contributed by atoms with Gasteiger partial charge in [0.1, 0.15) is 17.3 Å². The molecule has 0 spiro atoms. The van der Waals surface area contributed by atoms with Crippen LogP contribution in [-0.4, -0.2) is 20.1 Å². The molecule has 0 bridgehead atoms. The van der Waals surface area contributed by atoms with Crippen molar-refractivity contribution in [3.8, 4) is 11.5 Å². The van der Waals surface area contributed by atoms with Gasteiger partial charge in [-0.05, 0) is 18.2 Å². The van der Waals surface area contributed by atoms with Gasteiger partial charge in [0.25, 0.3) is 5.91 Å². The molecule has 0 unspecified atom stereocenters.